The topological polar surface area (TPSA) is 107 Å². The number of H-pyrrole nitrogens is 1. The Morgan fingerprint density at radius 3 is 2.43 bits per heavy atom. The molecular weight excluding hydrogens is 296 g/mol. The molecule has 7 heteroatoms. The largest absolute Gasteiger partial charge is 0.478 e. The Hall–Kier alpha value is -2.96. The van der Waals surface area contributed by atoms with Crippen LogP contribution in [0.2, 0.25) is 0 Å². The Morgan fingerprint density at radius 2 is 1.91 bits per heavy atom. The number of benzene rings is 1. The highest BCUT2D eigenvalue weighted by atomic mass is 16.4. The molecule has 0 radical (unpaired) electrons. The minimum atomic E-state index is -0.991. The summed E-state index contributed by atoms with van der Waals surface area (Å²) in [5, 5.41) is 19.4. The molecule has 120 valence electrons. The second-order valence-electron chi connectivity index (χ2n) is 6.04. The van der Waals surface area contributed by atoms with E-state index in [-0.39, 0.29) is 16.7 Å². The minimum absolute atomic E-state index is 0.124. The molecule has 0 fully saturated rings. The number of carboxylic acids is 1. The molecule has 0 saturated carbocycles. The van der Waals surface area contributed by atoms with Crippen molar-refractivity contribution in [2.24, 2.45) is 5.10 Å². The van der Waals surface area contributed by atoms with Gasteiger partial charge in [-0.15, -0.1) is 0 Å². The molecule has 0 saturated heterocycles. The van der Waals surface area contributed by atoms with Crippen LogP contribution in [0.5, 0.6) is 0 Å². The van der Waals surface area contributed by atoms with Gasteiger partial charge in [0.15, 0.2) is 5.69 Å². The Morgan fingerprint density at radius 1 is 1.26 bits per heavy atom. The quantitative estimate of drug-likeness (QED) is 0.593. The van der Waals surface area contributed by atoms with Crippen LogP contribution in [0.3, 0.4) is 0 Å². The van der Waals surface area contributed by atoms with Crippen molar-refractivity contribution in [2.75, 3.05) is 0 Å². The van der Waals surface area contributed by atoms with Gasteiger partial charge in [-0.1, -0.05) is 32.9 Å². The fourth-order valence-corrected chi connectivity index (χ4v) is 1.76. The lowest BCUT2D eigenvalue weighted by atomic mass is 9.92. The van der Waals surface area contributed by atoms with Crippen LogP contribution in [0.25, 0.3) is 0 Å². The van der Waals surface area contributed by atoms with Crippen LogP contribution in [-0.2, 0) is 5.41 Å². The summed E-state index contributed by atoms with van der Waals surface area (Å²) >= 11 is 0. The molecule has 1 heterocycles. The average molecular weight is 314 g/mol. The summed E-state index contributed by atoms with van der Waals surface area (Å²) in [6.07, 6.45) is 1.43. The Kier molecular flexibility index (Phi) is 4.59. The normalized spacial score (nSPS) is 11.6. The summed E-state index contributed by atoms with van der Waals surface area (Å²) in [6.45, 7) is 6.05. The standard InChI is InChI=1S/C16H18N4O3/c1-16(2,3)13-8-12(18-19-13)14(21)20-17-9-10-4-6-11(7-5-10)15(22)23/h4-9H,1-3H3,(H,18,19)(H,20,21)(H,22,23). The second kappa shape index (κ2) is 6.43. The molecular formula is C16H18N4O3. The highest BCUT2D eigenvalue weighted by Gasteiger charge is 2.19. The highest BCUT2D eigenvalue weighted by molar-refractivity contribution is 5.93. The predicted octanol–water partition coefficient (Wildman–Crippen LogP) is 2.17. The summed E-state index contributed by atoms with van der Waals surface area (Å²) in [7, 11) is 0. The number of hydrogen-bond donors (Lipinski definition) is 3. The lowest BCUT2D eigenvalue weighted by Crippen LogP contribution is -2.18. The fraction of sp³-hybridized carbons (Fsp3) is 0.250. The number of nitrogens with zero attached hydrogens (tertiary/aromatic N) is 2. The monoisotopic (exact) mass is 314 g/mol. The first-order valence-electron chi connectivity index (χ1n) is 7.00. The van der Waals surface area contributed by atoms with Gasteiger partial charge in [0.2, 0.25) is 0 Å². The van der Waals surface area contributed by atoms with Gasteiger partial charge in [-0.2, -0.15) is 10.2 Å². The van der Waals surface area contributed by atoms with E-state index >= 15 is 0 Å². The van der Waals surface area contributed by atoms with Crippen molar-refractivity contribution in [1.82, 2.24) is 15.6 Å². The van der Waals surface area contributed by atoms with E-state index in [4.69, 9.17) is 5.11 Å². The van der Waals surface area contributed by atoms with Crippen LogP contribution in [0.4, 0.5) is 0 Å². The molecule has 0 spiro atoms. The molecule has 0 aliphatic carbocycles. The van der Waals surface area contributed by atoms with Crippen LogP contribution >= 0.6 is 0 Å². The molecule has 7 nitrogen and oxygen atoms in total. The van der Waals surface area contributed by atoms with E-state index in [9.17, 15) is 9.59 Å². The van der Waals surface area contributed by atoms with Crippen molar-refractivity contribution in [3.05, 3.63) is 52.8 Å². The van der Waals surface area contributed by atoms with Crippen LogP contribution < -0.4 is 5.43 Å². The van der Waals surface area contributed by atoms with E-state index < -0.39 is 11.9 Å². The maximum absolute atomic E-state index is 11.9. The number of aromatic carboxylic acids is 1. The summed E-state index contributed by atoms with van der Waals surface area (Å²) in [5.41, 5.74) is 4.24. The third kappa shape index (κ3) is 4.26. The third-order valence-corrected chi connectivity index (χ3v) is 3.16. The summed E-state index contributed by atoms with van der Waals surface area (Å²) in [6, 6.07) is 7.83. The number of rotatable bonds is 4. The molecule has 0 aliphatic heterocycles. The smallest absolute Gasteiger partial charge is 0.335 e. The first-order chi connectivity index (χ1) is 10.8. The number of amides is 1. The number of hydrogen-bond acceptors (Lipinski definition) is 4. The van der Waals surface area contributed by atoms with Crippen LogP contribution in [0.15, 0.2) is 35.4 Å². The molecule has 23 heavy (non-hydrogen) atoms. The van der Waals surface area contributed by atoms with E-state index in [0.29, 0.717) is 5.56 Å². The van der Waals surface area contributed by atoms with Crippen molar-refractivity contribution in [3.63, 3.8) is 0 Å². The van der Waals surface area contributed by atoms with E-state index in [2.05, 4.69) is 20.7 Å². The molecule has 1 aromatic carbocycles. The van der Waals surface area contributed by atoms with E-state index in [1.165, 1.54) is 18.3 Å². The molecule has 0 bridgehead atoms. The number of carbonyl (C=O) groups is 2. The molecule has 3 N–H and O–H groups in total. The zero-order valence-electron chi connectivity index (χ0n) is 13.1. The van der Waals surface area contributed by atoms with E-state index in [1.54, 1.807) is 18.2 Å². The van der Waals surface area contributed by atoms with Gasteiger partial charge in [0.25, 0.3) is 5.91 Å². The number of carbonyl (C=O) groups excluding carboxylic acids is 1. The number of aromatic amines is 1. The van der Waals surface area contributed by atoms with E-state index in [1.807, 2.05) is 20.8 Å². The van der Waals surface area contributed by atoms with Crippen LogP contribution in [0, 0.1) is 0 Å². The number of aromatic nitrogens is 2. The highest BCUT2D eigenvalue weighted by Crippen LogP contribution is 2.20. The summed E-state index contributed by atoms with van der Waals surface area (Å²) < 4.78 is 0. The second-order valence-corrected chi connectivity index (χ2v) is 6.04. The van der Waals surface area contributed by atoms with Gasteiger partial charge < -0.3 is 5.11 Å². The van der Waals surface area contributed by atoms with Gasteiger partial charge in [-0.25, -0.2) is 10.2 Å². The third-order valence-electron chi connectivity index (χ3n) is 3.16. The predicted molar refractivity (Wildman–Crippen MR) is 85.7 cm³/mol. The number of nitrogens with one attached hydrogen (secondary N) is 2. The van der Waals surface area contributed by atoms with Crippen molar-refractivity contribution in [1.29, 1.82) is 0 Å². The van der Waals surface area contributed by atoms with Crippen molar-refractivity contribution in [3.8, 4) is 0 Å². The Bertz CT molecular complexity index is 739. The molecule has 1 aromatic heterocycles. The summed E-state index contributed by atoms with van der Waals surface area (Å²) in [5.74, 6) is -1.41. The van der Waals surface area contributed by atoms with Crippen molar-refractivity contribution >= 4 is 18.1 Å². The molecule has 2 rings (SSSR count). The molecule has 0 aliphatic rings. The van der Waals surface area contributed by atoms with Gasteiger partial charge in [0.1, 0.15) is 0 Å². The first kappa shape index (κ1) is 16.4. The van der Waals surface area contributed by atoms with Gasteiger partial charge >= 0.3 is 5.97 Å². The zero-order chi connectivity index (χ0) is 17.0. The molecule has 0 atom stereocenters. The maximum atomic E-state index is 11.9. The lowest BCUT2D eigenvalue weighted by Gasteiger charge is -2.14. The van der Waals surface area contributed by atoms with Gasteiger partial charge in [0, 0.05) is 11.1 Å². The Balaban J connectivity index is 1.98. The molecule has 1 amide bonds. The lowest BCUT2D eigenvalue weighted by molar-refractivity contribution is 0.0696. The van der Waals surface area contributed by atoms with Gasteiger partial charge in [-0.05, 0) is 23.8 Å². The number of carboxylic acid groups (broad SMARTS) is 1. The molecule has 2 aromatic rings. The zero-order valence-corrected chi connectivity index (χ0v) is 13.1. The van der Waals surface area contributed by atoms with Crippen LogP contribution in [0.1, 0.15) is 52.9 Å². The van der Waals surface area contributed by atoms with Gasteiger partial charge in [-0.3, -0.25) is 9.89 Å². The fourth-order valence-electron chi connectivity index (χ4n) is 1.76. The van der Waals surface area contributed by atoms with Crippen LogP contribution in [-0.4, -0.2) is 33.4 Å². The average Bonchev–Trinajstić information content (AvgIpc) is 2.97. The molecule has 0 unspecified atom stereocenters. The first-order valence-corrected chi connectivity index (χ1v) is 7.00. The maximum Gasteiger partial charge on any atom is 0.335 e. The number of hydrazone groups is 1. The minimum Gasteiger partial charge on any atom is -0.478 e. The summed E-state index contributed by atoms with van der Waals surface area (Å²) in [4.78, 5) is 22.7. The van der Waals surface area contributed by atoms with E-state index in [0.717, 1.165) is 5.69 Å². The van der Waals surface area contributed by atoms with Gasteiger partial charge in [0.05, 0.1) is 11.8 Å². The van der Waals surface area contributed by atoms with Crippen molar-refractivity contribution < 1.29 is 14.7 Å². The SMILES string of the molecule is CC(C)(C)c1cc(C(=O)NN=Cc2ccc(C(=O)O)cc2)n[nH]1. The Labute approximate surface area is 133 Å². The van der Waals surface area contributed by atoms with Crippen molar-refractivity contribution in [2.45, 2.75) is 26.2 Å².